The number of carboxylic acids is 1. The van der Waals surface area contributed by atoms with Crippen molar-refractivity contribution < 1.29 is 19.4 Å². The Morgan fingerprint density at radius 2 is 2.10 bits per heavy atom. The lowest BCUT2D eigenvalue weighted by atomic mass is 10.1. The third-order valence-electron chi connectivity index (χ3n) is 3.01. The molecule has 21 heavy (non-hydrogen) atoms. The number of carbonyl (C=O) groups is 1. The van der Waals surface area contributed by atoms with Crippen LogP contribution in [0.25, 0.3) is 10.8 Å². The highest BCUT2D eigenvalue weighted by atomic mass is 16.5. The molecular formula is C15H17NO5. The van der Waals surface area contributed by atoms with Crippen molar-refractivity contribution in [2.24, 2.45) is 0 Å². The Bertz CT molecular complexity index is 692. The molecule has 6 heteroatoms. The smallest absolute Gasteiger partial charge is 0.341 e. The zero-order valence-corrected chi connectivity index (χ0v) is 11.7. The van der Waals surface area contributed by atoms with Crippen molar-refractivity contribution >= 4 is 16.7 Å². The van der Waals surface area contributed by atoms with Gasteiger partial charge >= 0.3 is 5.97 Å². The first-order valence-corrected chi connectivity index (χ1v) is 6.68. The summed E-state index contributed by atoms with van der Waals surface area (Å²) >= 11 is 0. The SMILES string of the molecule is CCOCCn1ccc2c(OCC(=O)O)cccc2c1=O. The van der Waals surface area contributed by atoms with Gasteiger partial charge in [-0.15, -0.1) is 0 Å². The van der Waals surface area contributed by atoms with Crippen LogP contribution in [0.2, 0.25) is 0 Å². The molecule has 2 aromatic rings. The first-order valence-electron chi connectivity index (χ1n) is 6.68. The topological polar surface area (TPSA) is 77.8 Å². The van der Waals surface area contributed by atoms with Crippen LogP contribution in [-0.4, -0.2) is 35.5 Å². The van der Waals surface area contributed by atoms with Crippen molar-refractivity contribution in [3.05, 3.63) is 40.8 Å². The summed E-state index contributed by atoms with van der Waals surface area (Å²) in [6, 6.07) is 6.77. The van der Waals surface area contributed by atoms with Crippen LogP contribution in [-0.2, 0) is 16.1 Å². The van der Waals surface area contributed by atoms with Gasteiger partial charge < -0.3 is 19.1 Å². The van der Waals surface area contributed by atoms with Crippen molar-refractivity contribution in [3.63, 3.8) is 0 Å². The molecule has 0 aliphatic carbocycles. The molecule has 1 aromatic heterocycles. The Morgan fingerprint density at radius 1 is 1.29 bits per heavy atom. The summed E-state index contributed by atoms with van der Waals surface area (Å²) in [5, 5.41) is 9.77. The van der Waals surface area contributed by atoms with E-state index < -0.39 is 12.6 Å². The fourth-order valence-corrected chi connectivity index (χ4v) is 2.04. The molecule has 0 bridgehead atoms. The quantitative estimate of drug-likeness (QED) is 0.782. The molecule has 1 heterocycles. The molecule has 0 saturated carbocycles. The molecule has 2 rings (SSSR count). The number of nitrogens with zero attached hydrogens (tertiary/aromatic N) is 1. The Morgan fingerprint density at radius 3 is 2.81 bits per heavy atom. The second kappa shape index (κ2) is 6.90. The molecule has 0 spiro atoms. The van der Waals surface area contributed by atoms with Crippen molar-refractivity contribution in [3.8, 4) is 5.75 Å². The molecule has 0 unspecified atom stereocenters. The van der Waals surface area contributed by atoms with Gasteiger partial charge in [-0.25, -0.2) is 4.79 Å². The van der Waals surface area contributed by atoms with Gasteiger partial charge in [-0.2, -0.15) is 0 Å². The monoisotopic (exact) mass is 291 g/mol. The number of hydrogen-bond acceptors (Lipinski definition) is 4. The third-order valence-corrected chi connectivity index (χ3v) is 3.01. The predicted molar refractivity (Wildman–Crippen MR) is 77.8 cm³/mol. The van der Waals surface area contributed by atoms with E-state index in [1.165, 1.54) is 0 Å². The molecular weight excluding hydrogens is 274 g/mol. The van der Waals surface area contributed by atoms with Crippen LogP contribution >= 0.6 is 0 Å². The van der Waals surface area contributed by atoms with E-state index in [0.717, 1.165) is 0 Å². The summed E-state index contributed by atoms with van der Waals surface area (Å²) in [4.78, 5) is 22.9. The van der Waals surface area contributed by atoms with Gasteiger partial charge in [0.1, 0.15) is 5.75 Å². The average molecular weight is 291 g/mol. The van der Waals surface area contributed by atoms with E-state index in [-0.39, 0.29) is 5.56 Å². The predicted octanol–water partition coefficient (Wildman–Crippen LogP) is 1.50. The van der Waals surface area contributed by atoms with Gasteiger partial charge in [0.25, 0.3) is 5.56 Å². The number of ether oxygens (including phenoxy) is 2. The van der Waals surface area contributed by atoms with Gasteiger partial charge in [0.05, 0.1) is 12.0 Å². The van der Waals surface area contributed by atoms with Crippen LogP contribution in [0.4, 0.5) is 0 Å². The van der Waals surface area contributed by atoms with Gasteiger partial charge in [0.15, 0.2) is 6.61 Å². The first-order chi connectivity index (χ1) is 10.1. The van der Waals surface area contributed by atoms with Crippen LogP contribution in [0.3, 0.4) is 0 Å². The van der Waals surface area contributed by atoms with Crippen molar-refractivity contribution in [1.82, 2.24) is 4.57 Å². The highest BCUT2D eigenvalue weighted by Crippen LogP contribution is 2.22. The minimum absolute atomic E-state index is 0.145. The molecule has 6 nitrogen and oxygen atoms in total. The summed E-state index contributed by atoms with van der Waals surface area (Å²) in [6.45, 7) is 3.01. The minimum Gasteiger partial charge on any atom is -0.481 e. The Labute approximate surface area is 121 Å². The van der Waals surface area contributed by atoms with Gasteiger partial charge in [0, 0.05) is 24.7 Å². The molecule has 0 saturated heterocycles. The Balaban J connectivity index is 2.33. The molecule has 0 radical (unpaired) electrons. The number of benzene rings is 1. The lowest BCUT2D eigenvalue weighted by Gasteiger charge is -2.10. The minimum atomic E-state index is -1.06. The number of fused-ring (bicyclic) bond motifs is 1. The van der Waals surface area contributed by atoms with Crippen LogP contribution in [0.15, 0.2) is 35.3 Å². The van der Waals surface area contributed by atoms with E-state index >= 15 is 0 Å². The van der Waals surface area contributed by atoms with Gasteiger partial charge in [-0.05, 0) is 25.1 Å². The molecule has 0 aliphatic heterocycles. The molecule has 0 amide bonds. The van der Waals surface area contributed by atoms with Gasteiger partial charge in [-0.1, -0.05) is 6.07 Å². The highest BCUT2D eigenvalue weighted by molar-refractivity contribution is 5.87. The fourth-order valence-electron chi connectivity index (χ4n) is 2.04. The van der Waals surface area contributed by atoms with Gasteiger partial charge in [0.2, 0.25) is 0 Å². The van der Waals surface area contributed by atoms with E-state index in [0.29, 0.717) is 36.3 Å². The normalized spacial score (nSPS) is 10.7. The van der Waals surface area contributed by atoms with Crippen molar-refractivity contribution in [2.75, 3.05) is 19.8 Å². The second-order valence-electron chi connectivity index (χ2n) is 4.41. The van der Waals surface area contributed by atoms with Crippen LogP contribution in [0.1, 0.15) is 6.92 Å². The average Bonchev–Trinajstić information content (AvgIpc) is 2.47. The summed E-state index contributed by atoms with van der Waals surface area (Å²) in [5.41, 5.74) is -0.145. The molecule has 112 valence electrons. The lowest BCUT2D eigenvalue weighted by molar-refractivity contribution is -0.139. The lowest BCUT2D eigenvalue weighted by Crippen LogP contribution is -2.22. The first kappa shape index (κ1) is 15.1. The van der Waals surface area contributed by atoms with Crippen molar-refractivity contribution in [1.29, 1.82) is 0 Å². The number of aromatic nitrogens is 1. The maximum absolute atomic E-state index is 12.3. The van der Waals surface area contributed by atoms with E-state index in [1.54, 1.807) is 35.0 Å². The maximum atomic E-state index is 12.3. The van der Waals surface area contributed by atoms with Crippen LogP contribution < -0.4 is 10.3 Å². The highest BCUT2D eigenvalue weighted by Gasteiger charge is 2.08. The van der Waals surface area contributed by atoms with E-state index in [1.807, 2.05) is 6.92 Å². The third kappa shape index (κ3) is 3.61. The summed E-state index contributed by atoms with van der Waals surface area (Å²) in [5.74, 6) is -0.666. The summed E-state index contributed by atoms with van der Waals surface area (Å²) in [7, 11) is 0. The number of rotatable bonds is 7. The largest absolute Gasteiger partial charge is 0.481 e. The Hall–Kier alpha value is -2.34. The molecule has 0 fully saturated rings. The standard InChI is InChI=1S/C15H17NO5/c1-2-20-9-8-16-7-6-11-12(15(16)19)4-3-5-13(11)21-10-14(17)18/h3-7H,2,8-10H2,1H3,(H,17,18). The van der Waals surface area contributed by atoms with E-state index in [4.69, 9.17) is 14.6 Å². The number of pyridine rings is 1. The van der Waals surface area contributed by atoms with E-state index in [2.05, 4.69) is 0 Å². The summed E-state index contributed by atoms with van der Waals surface area (Å²) in [6.07, 6.45) is 1.66. The van der Waals surface area contributed by atoms with Crippen molar-refractivity contribution in [2.45, 2.75) is 13.5 Å². The summed E-state index contributed by atoms with van der Waals surface area (Å²) < 4.78 is 12.0. The molecule has 0 aliphatic rings. The second-order valence-corrected chi connectivity index (χ2v) is 4.41. The molecule has 1 N–H and O–H groups in total. The Kier molecular flexibility index (Phi) is 4.94. The number of carboxylic acid groups (broad SMARTS) is 1. The number of hydrogen-bond donors (Lipinski definition) is 1. The van der Waals surface area contributed by atoms with Gasteiger partial charge in [-0.3, -0.25) is 4.79 Å². The van der Waals surface area contributed by atoms with E-state index in [9.17, 15) is 9.59 Å². The molecule has 0 atom stereocenters. The maximum Gasteiger partial charge on any atom is 0.341 e. The van der Waals surface area contributed by atoms with Crippen LogP contribution in [0.5, 0.6) is 5.75 Å². The zero-order valence-electron chi connectivity index (χ0n) is 11.7. The number of aliphatic carboxylic acids is 1. The zero-order chi connectivity index (χ0) is 15.2. The fraction of sp³-hybridized carbons (Fsp3) is 0.333. The van der Waals surface area contributed by atoms with Crippen LogP contribution in [0, 0.1) is 0 Å². The molecule has 1 aromatic carbocycles.